The normalized spacial score (nSPS) is 11.3. The minimum absolute atomic E-state index is 0.0381. The lowest BCUT2D eigenvalue weighted by Gasteiger charge is -1.95. The van der Waals surface area contributed by atoms with Crippen LogP contribution in [0.25, 0.3) is 5.03 Å². The van der Waals surface area contributed by atoms with Crippen molar-refractivity contribution in [2.45, 2.75) is 6.92 Å². The molecule has 1 nitrogen and oxygen atoms in total. The molecule has 0 spiro atoms. The van der Waals surface area contributed by atoms with E-state index < -0.39 is 0 Å². The standard InChI is InChI=1S/C10H9ClO/c1-8(12)7-10(11)9-5-3-2-4-6-9/h2-7H,1H3/b10-7+. The summed E-state index contributed by atoms with van der Waals surface area (Å²) in [4.78, 5) is 10.7. The molecule has 0 aliphatic carbocycles. The van der Waals surface area contributed by atoms with E-state index in [0.29, 0.717) is 5.03 Å². The van der Waals surface area contributed by atoms with Gasteiger partial charge in [-0.2, -0.15) is 0 Å². The predicted octanol–water partition coefficient (Wildman–Crippen LogP) is 2.86. The monoisotopic (exact) mass is 180 g/mol. The molecule has 0 aromatic heterocycles. The highest BCUT2D eigenvalue weighted by Gasteiger charge is 1.96. The van der Waals surface area contributed by atoms with E-state index in [-0.39, 0.29) is 5.78 Å². The zero-order chi connectivity index (χ0) is 8.97. The van der Waals surface area contributed by atoms with Crippen LogP contribution in [0.4, 0.5) is 0 Å². The summed E-state index contributed by atoms with van der Waals surface area (Å²) >= 11 is 5.84. The average molecular weight is 181 g/mol. The van der Waals surface area contributed by atoms with E-state index in [4.69, 9.17) is 11.6 Å². The lowest BCUT2D eigenvalue weighted by Crippen LogP contribution is -1.83. The van der Waals surface area contributed by atoms with Crippen molar-refractivity contribution in [3.63, 3.8) is 0 Å². The molecule has 0 unspecified atom stereocenters. The Hall–Kier alpha value is -1.08. The first-order chi connectivity index (χ1) is 5.70. The Morgan fingerprint density at radius 1 is 1.33 bits per heavy atom. The number of ketones is 1. The van der Waals surface area contributed by atoms with E-state index in [9.17, 15) is 4.79 Å². The summed E-state index contributed by atoms with van der Waals surface area (Å²) in [6, 6.07) is 9.39. The number of hydrogen-bond donors (Lipinski definition) is 0. The predicted molar refractivity (Wildman–Crippen MR) is 51.0 cm³/mol. The number of halogens is 1. The van der Waals surface area contributed by atoms with Gasteiger partial charge in [-0.05, 0) is 12.5 Å². The molecule has 0 fully saturated rings. The highest BCUT2D eigenvalue weighted by molar-refractivity contribution is 6.50. The molecule has 0 N–H and O–H groups in total. The Kier molecular flexibility index (Phi) is 3.06. The summed E-state index contributed by atoms with van der Waals surface area (Å²) in [6.45, 7) is 1.48. The van der Waals surface area contributed by atoms with Gasteiger partial charge < -0.3 is 0 Å². The Labute approximate surface area is 76.7 Å². The van der Waals surface area contributed by atoms with Crippen molar-refractivity contribution in [2.75, 3.05) is 0 Å². The van der Waals surface area contributed by atoms with Gasteiger partial charge >= 0.3 is 0 Å². The highest BCUT2D eigenvalue weighted by atomic mass is 35.5. The molecule has 0 atom stereocenters. The van der Waals surface area contributed by atoms with Crippen LogP contribution in [0.3, 0.4) is 0 Å². The van der Waals surface area contributed by atoms with Crippen molar-refractivity contribution in [1.82, 2.24) is 0 Å². The molecule has 62 valence electrons. The summed E-state index contributed by atoms with van der Waals surface area (Å²) in [5.41, 5.74) is 0.870. The maximum atomic E-state index is 10.7. The molecule has 0 bridgehead atoms. The zero-order valence-electron chi connectivity index (χ0n) is 6.75. The molecule has 1 aromatic carbocycles. The Balaban J connectivity index is 2.93. The van der Waals surface area contributed by atoms with Gasteiger partial charge in [0, 0.05) is 6.08 Å². The second-order valence-electron chi connectivity index (χ2n) is 2.47. The van der Waals surface area contributed by atoms with E-state index >= 15 is 0 Å². The fraction of sp³-hybridized carbons (Fsp3) is 0.100. The van der Waals surface area contributed by atoms with Crippen molar-refractivity contribution < 1.29 is 4.79 Å². The number of rotatable bonds is 2. The molecule has 0 amide bonds. The van der Waals surface area contributed by atoms with E-state index in [0.717, 1.165) is 5.56 Å². The summed E-state index contributed by atoms with van der Waals surface area (Å²) in [5.74, 6) is -0.0381. The van der Waals surface area contributed by atoms with Crippen LogP contribution in [-0.4, -0.2) is 5.78 Å². The lowest BCUT2D eigenvalue weighted by molar-refractivity contribution is -0.112. The van der Waals surface area contributed by atoms with Gasteiger partial charge in [0.15, 0.2) is 5.78 Å². The Morgan fingerprint density at radius 2 is 1.92 bits per heavy atom. The minimum Gasteiger partial charge on any atom is -0.295 e. The van der Waals surface area contributed by atoms with Gasteiger partial charge in [0.25, 0.3) is 0 Å². The number of carbonyl (C=O) groups is 1. The maximum Gasteiger partial charge on any atom is 0.154 e. The third-order valence-corrected chi connectivity index (χ3v) is 1.71. The van der Waals surface area contributed by atoms with Crippen LogP contribution in [0.5, 0.6) is 0 Å². The second kappa shape index (κ2) is 4.07. The molecule has 0 heterocycles. The van der Waals surface area contributed by atoms with Crippen LogP contribution in [0, 0.1) is 0 Å². The Bertz CT molecular complexity index is 301. The second-order valence-corrected chi connectivity index (χ2v) is 2.88. The molecule has 0 aliphatic heterocycles. The fourth-order valence-corrected chi connectivity index (χ4v) is 1.14. The first-order valence-corrected chi connectivity index (χ1v) is 4.01. The van der Waals surface area contributed by atoms with Crippen LogP contribution >= 0.6 is 11.6 Å². The third kappa shape index (κ3) is 2.51. The van der Waals surface area contributed by atoms with Crippen molar-refractivity contribution >= 4 is 22.4 Å². The summed E-state index contributed by atoms with van der Waals surface area (Å²) in [7, 11) is 0. The summed E-state index contributed by atoms with van der Waals surface area (Å²) in [6.07, 6.45) is 1.41. The highest BCUT2D eigenvalue weighted by Crippen LogP contribution is 2.17. The van der Waals surface area contributed by atoms with Crippen molar-refractivity contribution in [2.24, 2.45) is 0 Å². The molecule has 0 saturated heterocycles. The topological polar surface area (TPSA) is 17.1 Å². The molecule has 0 saturated carbocycles. The minimum atomic E-state index is -0.0381. The molecule has 0 radical (unpaired) electrons. The quantitative estimate of drug-likeness (QED) is 0.640. The summed E-state index contributed by atoms with van der Waals surface area (Å²) in [5, 5.41) is 0.489. The van der Waals surface area contributed by atoms with E-state index in [1.54, 1.807) is 0 Å². The van der Waals surface area contributed by atoms with Gasteiger partial charge in [0.1, 0.15) is 0 Å². The molecule has 1 aromatic rings. The average Bonchev–Trinajstić information content (AvgIpc) is 2.05. The molecular formula is C10H9ClO. The van der Waals surface area contributed by atoms with Crippen LogP contribution in [0.15, 0.2) is 36.4 Å². The van der Waals surface area contributed by atoms with Crippen molar-refractivity contribution in [1.29, 1.82) is 0 Å². The van der Waals surface area contributed by atoms with Gasteiger partial charge in [-0.15, -0.1) is 0 Å². The van der Waals surface area contributed by atoms with E-state index in [1.165, 1.54) is 13.0 Å². The Morgan fingerprint density at radius 3 is 2.42 bits per heavy atom. The molecule has 12 heavy (non-hydrogen) atoms. The number of hydrogen-bond acceptors (Lipinski definition) is 1. The van der Waals surface area contributed by atoms with Gasteiger partial charge in [0.2, 0.25) is 0 Å². The first-order valence-electron chi connectivity index (χ1n) is 3.63. The maximum absolute atomic E-state index is 10.7. The van der Waals surface area contributed by atoms with Gasteiger partial charge in [0.05, 0.1) is 5.03 Å². The summed E-state index contributed by atoms with van der Waals surface area (Å²) < 4.78 is 0. The molecule has 1 rings (SSSR count). The molecular weight excluding hydrogens is 172 g/mol. The van der Waals surface area contributed by atoms with E-state index in [2.05, 4.69) is 0 Å². The van der Waals surface area contributed by atoms with Gasteiger partial charge in [-0.1, -0.05) is 41.9 Å². The molecule has 2 heteroatoms. The van der Waals surface area contributed by atoms with Gasteiger partial charge in [-0.3, -0.25) is 4.79 Å². The first kappa shape index (κ1) is 9.01. The number of carbonyl (C=O) groups excluding carboxylic acids is 1. The third-order valence-electron chi connectivity index (χ3n) is 1.38. The fourth-order valence-electron chi connectivity index (χ4n) is 0.859. The largest absolute Gasteiger partial charge is 0.295 e. The van der Waals surface area contributed by atoms with E-state index in [1.807, 2.05) is 30.3 Å². The van der Waals surface area contributed by atoms with Crippen LogP contribution in [-0.2, 0) is 4.79 Å². The van der Waals surface area contributed by atoms with Crippen molar-refractivity contribution in [3.8, 4) is 0 Å². The lowest BCUT2D eigenvalue weighted by atomic mass is 10.2. The number of allylic oxidation sites excluding steroid dienone is 1. The van der Waals surface area contributed by atoms with Crippen LogP contribution < -0.4 is 0 Å². The zero-order valence-corrected chi connectivity index (χ0v) is 7.51. The molecule has 0 aliphatic rings. The van der Waals surface area contributed by atoms with Crippen LogP contribution in [0.1, 0.15) is 12.5 Å². The number of benzene rings is 1. The van der Waals surface area contributed by atoms with Crippen molar-refractivity contribution in [3.05, 3.63) is 42.0 Å². The smallest absolute Gasteiger partial charge is 0.154 e. The SMILES string of the molecule is CC(=O)/C=C(/Cl)c1ccccc1. The van der Waals surface area contributed by atoms with Gasteiger partial charge in [-0.25, -0.2) is 0 Å². The van der Waals surface area contributed by atoms with Crippen LogP contribution in [0.2, 0.25) is 0 Å².